The third kappa shape index (κ3) is 2.04. The summed E-state index contributed by atoms with van der Waals surface area (Å²) in [6.45, 7) is 8.84. The molecule has 0 amide bonds. The summed E-state index contributed by atoms with van der Waals surface area (Å²) < 4.78 is 7.39. The Balaban J connectivity index is 1.83. The van der Waals surface area contributed by atoms with Gasteiger partial charge in [-0.3, -0.25) is 9.55 Å². The Hall–Kier alpha value is -3.12. The zero-order chi connectivity index (χ0) is 20.6. The molecule has 2 bridgehead atoms. The van der Waals surface area contributed by atoms with Crippen molar-refractivity contribution in [3.05, 3.63) is 53.0 Å². The molecular formula is C21H19N3O5. The summed E-state index contributed by atoms with van der Waals surface area (Å²) in [6.07, 6.45) is 1.10. The van der Waals surface area contributed by atoms with Crippen molar-refractivity contribution in [3.8, 4) is 17.4 Å². The van der Waals surface area contributed by atoms with Gasteiger partial charge in [0.25, 0.3) is 0 Å². The number of ether oxygens (including phenoxy) is 1. The molecule has 4 heterocycles. The van der Waals surface area contributed by atoms with E-state index in [1.165, 1.54) is 4.57 Å². The van der Waals surface area contributed by atoms with Gasteiger partial charge in [0, 0.05) is 31.0 Å². The highest BCUT2D eigenvalue weighted by molar-refractivity contribution is 5.97. The molecular weight excluding hydrogens is 374 g/mol. The van der Waals surface area contributed by atoms with E-state index >= 15 is 0 Å². The lowest BCUT2D eigenvalue weighted by atomic mass is 9.76. The molecule has 3 aromatic rings. The Morgan fingerprint density at radius 3 is 2.76 bits per heavy atom. The first-order valence-electron chi connectivity index (χ1n) is 9.30. The number of fused-ring (bicyclic) bond motifs is 6. The van der Waals surface area contributed by atoms with Crippen molar-refractivity contribution in [2.75, 3.05) is 6.61 Å². The molecule has 8 nitrogen and oxygen atoms in total. The van der Waals surface area contributed by atoms with E-state index in [1.807, 2.05) is 0 Å². The van der Waals surface area contributed by atoms with Crippen molar-refractivity contribution in [3.63, 3.8) is 0 Å². The molecule has 3 atom stereocenters. The van der Waals surface area contributed by atoms with E-state index in [0.29, 0.717) is 33.4 Å². The van der Waals surface area contributed by atoms with Gasteiger partial charge in [0.1, 0.15) is 11.2 Å². The topological polar surface area (TPSA) is 112 Å². The minimum Gasteiger partial charge on any atom is -0.494 e. The highest BCUT2D eigenvalue weighted by Crippen LogP contribution is 2.65. The van der Waals surface area contributed by atoms with E-state index < -0.39 is 17.3 Å². The predicted molar refractivity (Wildman–Crippen MR) is 103 cm³/mol. The van der Waals surface area contributed by atoms with E-state index in [1.54, 1.807) is 37.4 Å². The van der Waals surface area contributed by atoms with Crippen LogP contribution in [0.25, 0.3) is 21.4 Å². The normalized spacial score (nSPS) is 27.3. The Bertz CT molecular complexity index is 1210. The quantitative estimate of drug-likeness (QED) is 0.509. The average molecular weight is 393 g/mol. The lowest BCUT2D eigenvalue weighted by molar-refractivity contribution is -0.108. The predicted octanol–water partition coefficient (Wildman–Crippen LogP) is 2.58. The fraction of sp³-hybridized carbons (Fsp3) is 0.333. The zero-order valence-corrected chi connectivity index (χ0v) is 15.6. The number of aliphatic hydroxyl groups excluding tert-OH is 2. The minimum atomic E-state index is -1.19. The molecule has 1 fully saturated rings. The Kier molecular flexibility index (Phi) is 3.53. The first kappa shape index (κ1) is 17.9. The summed E-state index contributed by atoms with van der Waals surface area (Å²) in [5, 5.41) is 43.1. The van der Waals surface area contributed by atoms with Crippen LogP contribution in [0.3, 0.4) is 0 Å². The number of aromatic nitrogens is 2. The summed E-state index contributed by atoms with van der Waals surface area (Å²) in [6, 6.07) is 6.72. The molecule has 2 aromatic heterocycles. The third-order valence-corrected chi connectivity index (χ3v) is 6.24. The SMILES string of the molecule is [C-]#[N+]c1ccc(-n2c(O)c3c(c2O)C2(C)OC3(CCO)C[C@H]2O)c2cccnc12. The van der Waals surface area contributed by atoms with Crippen LogP contribution in [-0.4, -0.2) is 42.7 Å². The molecule has 29 heavy (non-hydrogen) atoms. The maximum Gasteiger partial charge on any atom is 0.213 e. The van der Waals surface area contributed by atoms with Crippen LogP contribution in [0.15, 0.2) is 30.5 Å². The van der Waals surface area contributed by atoms with Gasteiger partial charge in [-0.05, 0) is 19.1 Å². The van der Waals surface area contributed by atoms with Gasteiger partial charge in [-0.2, -0.15) is 0 Å². The summed E-state index contributed by atoms with van der Waals surface area (Å²) in [5.41, 5.74) is -0.260. The Morgan fingerprint density at radius 1 is 1.28 bits per heavy atom. The smallest absolute Gasteiger partial charge is 0.213 e. The van der Waals surface area contributed by atoms with Crippen LogP contribution in [-0.2, 0) is 15.9 Å². The molecule has 4 N–H and O–H groups in total. The van der Waals surface area contributed by atoms with Gasteiger partial charge < -0.3 is 25.2 Å². The fourth-order valence-electron chi connectivity index (χ4n) is 4.96. The van der Waals surface area contributed by atoms with E-state index in [-0.39, 0.29) is 31.2 Å². The second-order valence-electron chi connectivity index (χ2n) is 7.74. The highest BCUT2D eigenvalue weighted by Gasteiger charge is 2.65. The Labute approximate surface area is 166 Å². The first-order valence-corrected chi connectivity index (χ1v) is 9.30. The van der Waals surface area contributed by atoms with E-state index in [4.69, 9.17) is 11.3 Å². The van der Waals surface area contributed by atoms with Gasteiger partial charge in [0.05, 0.1) is 35.0 Å². The second kappa shape index (κ2) is 5.70. The molecule has 1 saturated heterocycles. The molecule has 0 radical (unpaired) electrons. The molecule has 2 aliphatic heterocycles. The molecule has 0 saturated carbocycles. The second-order valence-corrected chi connectivity index (χ2v) is 7.74. The van der Waals surface area contributed by atoms with Crippen molar-refractivity contribution in [2.45, 2.75) is 37.1 Å². The first-order chi connectivity index (χ1) is 13.9. The lowest BCUT2D eigenvalue weighted by Crippen LogP contribution is -2.33. The Morgan fingerprint density at radius 2 is 2.03 bits per heavy atom. The molecule has 2 aliphatic rings. The van der Waals surface area contributed by atoms with Gasteiger partial charge >= 0.3 is 0 Å². The largest absolute Gasteiger partial charge is 0.494 e. The van der Waals surface area contributed by atoms with Crippen molar-refractivity contribution in [1.29, 1.82) is 0 Å². The monoisotopic (exact) mass is 393 g/mol. The zero-order valence-electron chi connectivity index (χ0n) is 15.6. The van der Waals surface area contributed by atoms with Crippen molar-refractivity contribution >= 4 is 16.6 Å². The van der Waals surface area contributed by atoms with Crippen molar-refractivity contribution in [2.24, 2.45) is 0 Å². The van der Waals surface area contributed by atoms with Crippen LogP contribution in [0.4, 0.5) is 5.69 Å². The minimum absolute atomic E-state index is 0.183. The molecule has 8 heteroatoms. The van der Waals surface area contributed by atoms with E-state index in [0.717, 1.165) is 0 Å². The van der Waals surface area contributed by atoms with Crippen LogP contribution < -0.4 is 0 Å². The summed E-state index contributed by atoms with van der Waals surface area (Å²) in [4.78, 5) is 7.78. The summed E-state index contributed by atoms with van der Waals surface area (Å²) in [5.74, 6) is -0.443. The fourth-order valence-corrected chi connectivity index (χ4v) is 4.96. The lowest BCUT2D eigenvalue weighted by Gasteiger charge is -2.26. The van der Waals surface area contributed by atoms with E-state index in [2.05, 4.69) is 9.83 Å². The highest BCUT2D eigenvalue weighted by atomic mass is 16.6. The summed E-state index contributed by atoms with van der Waals surface area (Å²) >= 11 is 0. The van der Waals surface area contributed by atoms with Crippen LogP contribution in [0.2, 0.25) is 0 Å². The number of pyridine rings is 1. The molecule has 2 unspecified atom stereocenters. The standard InChI is InChI=1S/C21H19N3O5/c1-20-14(26)10-21(29-20,7-9-25)16-15(20)18(27)24(19(16)28)13-6-5-12(22-2)17-11(13)4-3-8-23-17/h3-6,8,14,25-28H,7,9-10H2,1H3/t14-,20?,21?/m1/s1. The number of aromatic hydroxyl groups is 2. The average Bonchev–Trinajstić information content (AvgIpc) is 3.23. The van der Waals surface area contributed by atoms with Crippen molar-refractivity contribution in [1.82, 2.24) is 9.55 Å². The number of aliphatic hydroxyl groups is 2. The third-order valence-electron chi connectivity index (χ3n) is 6.24. The molecule has 0 spiro atoms. The van der Waals surface area contributed by atoms with Gasteiger partial charge in [0.2, 0.25) is 17.4 Å². The van der Waals surface area contributed by atoms with E-state index in [9.17, 15) is 20.4 Å². The van der Waals surface area contributed by atoms with Crippen molar-refractivity contribution < 1.29 is 25.2 Å². The van der Waals surface area contributed by atoms with Gasteiger partial charge in [-0.25, -0.2) is 4.85 Å². The molecule has 0 aliphatic carbocycles. The van der Waals surface area contributed by atoms with Gasteiger partial charge in [0.15, 0.2) is 0 Å². The van der Waals surface area contributed by atoms with Gasteiger partial charge in [-0.1, -0.05) is 12.1 Å². The maximum absolute atomic E-state index is 11.2. The summed E-state index contributed by atoms with van der Waals surface area (Å²) in [7, 11) is 0. The number of nitrogens with zero attached hydrogens (tertiary/aromatic N) is 3. The van der Waals surface area contributed by atoms with Crippen LogP contribution in [0.1, 0.15) is 30.9 Å². The number of hydrogen-bond acceptors (Lipinski definition) is 6. The molecule has 5 rings (SSSR count). The number of benzene rings is 1. The molecule has 1 aromatic carbocycles. The van der Waals surface area contributed by atoms with Crippen LogP contribution in [0, 0.1) is 6.57 Å². The number of hydrogen-bond donors (Lipinski definition) is 4. The van der Waals surface area contributed by atoms with Crippen LogP contribution >= 0.6 is 0 Å². The maximum atomic E-state index is 11.2. The van der Waals surface area contributed by atoms with Gasteiger partial charge in [-0.15, -0.1) is 0 Å². The van der Waals surface area contributed by atoms with Crippen LogP contribution in [0.5, 0.6) is 11.8 Å². The molecule has 148 valence electrons. The number of rotatable bonds is 3.